The van der Waals surface area contributed by atoms with E-state index in [4.69, 9.17) is 9.47 Å². The molecule has 0 aliphatic heterocycles. The smallest absolute Gasteiger partial charge is 0.161 e. The third-order valence-corrected chi connectivity index (χ3v) is 2.51. The zero-order valence-corrected chi connectivity index (χ0v) is 10.9. The van der Waals surface area contributed by atoms with Crippen LogP contribution in [0.4, 0.5) is 0 Å². The van der Waals surface area contributed by atoms with E-state index in [2.05, 4.69) is 6.92 Å². The van der Waals surface area contributed by atoms with Gasteiger partial charge in [-0.15, -0.1) is 0 Å². The summed E-state index contributed by atoms with van der Waals surface area (Å²) in [6.45, 7) is 7.13. The average Bonchev–Trinajstić information content (AvgIpc) is 2.32. The van der Waals surface area contributed by atoms with E-state index < -0.39 is 6.10 Å². The topological polar surface area (TPSA) is 38.7 Å². The lowest BCUT2D eigenvalue weighted by atomic mass is 10.0. The van der Waals surface area contributed by atoms with Gasteiger partial charge in [0.15, 0.2) is 11.5 Å². The molecule has 96 valence electrons. The molecule has 3 nitrogen and oxygen atoms in total. The highest BCUT2D eigenvalue weighted by Gasteiger charge is 2.11. The summed E-state index contributed by atoms with van der Waals surface area (Å²) < 4.78 is 11.0. The van der Waals surface area contributed by atoms with Gasteiger partial charge in [0.05, 0.1) is 19.3 Å². The Morgan fingerprint density at radius 1 is 1.06 bits per heavy atom. The monoisotopic (exact) mass is 238 g/mol. The third-order valence-electron chi connectivity index (χ3n) is 2.51. The van der Waals surface area contributed by atoms with Crippen molar-refractivity contribution in [3.05, 3.63) is 23.8 Å². The number of aliphatic hydroxyl groups is 1. The summed E-state index contributed by atoms with van der Waals surface area (Å²) in [5.74, 6) is 1.45. The number of ether oxygens (including phenoxy) is 2. The van der Waals surface area contributed by atoms with Crippen LogP contribution in [0.3, 0.4) is 0 Å². The second-order valence-corrected chi connectivity index (χ2v) is 3.88. The van der Waals surface area contributed by atoms with Crippen LogP contribution in [0, 0.1) is 0 Å². The molecule has 0 spiro atoms. The van der Waals surface area contributed by atoms with Gasteiger partial charge in [-0.3, -0.25) is 0 Å². The summed E-state index contributed by atoms with van der Waals surface area (Å²) in [7, 11) is 0. The van der Waals surface area contributed by atoms with Crippen LogP contribution in [0.15, 0.2) is 18.2 Å². The maximum absolute atomic E-state index is 9.94. The van der Waals surface area contributed by atoms with Crippen molar-refractivity contribution < 1.29 is 14.6 Å². The van der Waals surface area contributed by atoms with E-state index in [0.717, 1.165) is 24.2 Å². The zero-order valence-electron chi connectivity index (χ0n) is 10.9. The second kappa shape index (κ2) is 7.17. The minimum absolute atomic E-state index is 0.421. The molecule has 0 radical (unpaired) electrons. The SMILES string of the molecule is CCCC(O)c1ccc(OCC)c(OCC)c1. The Kier molecular flexibility index (Phi) is 5.84. The summed E-state index contributed by atoms with van der Waals surface area (Å²) in [5, 5.41) is 9.94. The van der Waals surface area contributed by atoms with Crippen molar-refractivity contribution in [2.24, 2.45) is 0 Å². The Hall–Kier alpha value is -1.22. The Labute approximate surface area is 103 Å². The van der Waals surface area contributed by atoms with Crippen LogP contribution >= 0.6 is 0 Å². The van der Waals surface area contributed by atoms with Gasteiger partial charge >= 0.3 is 0 Å². The summed E-state index contributed by atoms with van der Waals surface area (Å²) in [4.78, 5) is 0. The zero-order chi connectivity index (χ0) is 12.7. The van der Waals surface area contributed by atoms with E-state index in [1.807, 2.05) is 32.0 Å². The first-order valence-corrected chi connectivity index (χ1v) is 6.30. The minimum Gasteiger partial charge on any atom is -0.490 e. The molecule has 1 N–H and O–H groups in total. The average molecular weight is 238 g/mol. The van der Waals surface area contributed by atoms with Crippen molar-refractivity contribution in [1.29, 1.82) is 0 Å². The summed E-state index contributed by atoms with van der Waals surface area (Å²) in [5.41, 5.74) is 0.888. The molecule has 0 aliphatic rings. The van der Waals surface area contributed by atoms with Gasteiger partial charge in [-0.05, 0) is 38.0 Å². The summed E-state index contributed by atoms with van der Waals surface area (Å²) in [6, 6.07) is 5.63. The lowest BCUT2D eigenvalue weighted by molar-refractivity contribution is 0.165. The van der Waals surface area contributed by atoms with Crippen LogP contribution in [0.2, 0.25) is 0 Å². The van der Waals surface area contributed by atoms with Gasteiger partial charge in [0.25, 0.3) is 0 Å². The highest BCUT2D eigenvalue weighted by molar-refractivity contribution is 5.43. The maximum Gasteiger partial charge on any atom is 0.161 e. The lowest BCUT2D eigenvalue weighted by Gasteiger charge is -2.15. The number of hydrogen-bond donors (Lipinski definition) is 1. The molecule has 0 fully saturated rings. The molecule has 0 amide bonds. The first kappa shape index (κ1) is 13.8. The quantitative estimate of drug-likeness (QED) is 0.792. The van der Waals surface area contributed by atoms with Crippen LogP contribution < -0.4 is 9.47 Å². The first-order chi connectivity index (χ1) is 8.22. The normalized spacial score (nSPS) is 12.2. The predicted molar refractivity (Wildman–Crippen MR) is 68.6 cm³/mol. The van der Waals surface area contributed by atoms with Gasteiger partial charge in [-0.2, -0.15) is 0 Å². The van der Waals surface area contributed by atoms with E-state index in [-0.39, 0.29) is 0 Å². The Balaban J connectivity index is 2.91. The molecule has 0 saturated heterocycles. The molecular weight excluding hydrogens is 216 g/mol. The fraction of sp³-hybridized carbons (Fsp3) is 0.571. The minimum atomic E-state index is -0.421. The molecular formula is C14H22O3. The van der Waals surface area contributed by atoms with Gasteiger partial charge in [-0.1, -0.05) is 19.4 Å². The van der Waals surface area contributed by atoms with Crippen LogP contribution in [0.25, 0.3) is 0 Å². The van der Waals surface area contributed by atoms with Gasteiger partial charge < -0.3 is 14.6 Å². The number of aliphatic hydroxyl groups excluding tert-OH is 1. The van der Waals surface area contributed by atoms with Crippen LogP contribution in [0.5, 0.6) is 11.5 Å². The predicted octanol–water partition coefficient (Wildman–Crippen LogP) is 3.32. The third kappa shape index (κ3) is 3.93. The Morgan fingerprint density at radius 2 is 1.71 bits per heavy atom. The lowest BCUT2D eigenvalue weighted by Crippen LogP contribution is -2.02. The van der Waals surface area contributed by atoms with Gasteiger partial charge in [0.2, 0.25) is 0 Å². The summed E-state index contributed by atoms with van der Waals surface area (Å²) >= 11 is 0. The van der Waals surface area contributed by atoms with Crippen LogP contribution in [0.1, 0.15) is 45.3 Å². The second-order valence-electron chi connectivity index (χ2n) is 3.88. The van der Waals surface area contributed by atoms with Crippen molar-refractivity contribution in [3.8, 4) is 11.5 Å². The molecule has 1 aromatic rings. The number of rotatable bonds is 7. The molecule has 0 saturated carbocycles. The molecule has 1 unspecified atom stereocenters. The molecule has 1 atom stereocenters. The van der Waals surface area contributed by atoms with Crippen LogP contribution in [-0.4, -0.2) is 18.3 Å². The van der Waals surface area contributed by atoms with Crippen LogP contribution in [-0.2, 0) is 0 Å². The highest BCUT2D eigenvalue weighted by Crippen LogP contribution is 2.31. The molecule has 0 bridgehead atoms. The molecule has 1 rings (SSSR count). The van der Waals surface area contributed by atoms with E-state index in [0.29, 0.717) is 19.0 Å². The maximum atomic E-state index is 9.94. The van der Waals surface area contributed by atoms with Crippen molar-refractivity contribution >= 4 is 0 Å². The van der Waals surface area contributed by atoms with Crippen molar-refractivity contribution in [3.63, 3.8) is 0 Å². The Morgan fingerprint density at radius 3 is 2.29 bits per heavy atom. The van der Waals surface area contributed by atoms with Gasteiger partial charge in [0.1, 0.15) is 0 Å². The molecule has 1 aromatic carbocycles. The molecule has 3 heteroatoms. The van der Waals surface area contributed by atoms with E-state index >= 15 is 0 Å². The standard InChI is InChI=1S/C14H22O3/c1-4-7-12(15)11-8-9-13(16-5-2)14(10-11)17-6-3/h8-10,12,15H,4-7H2,1-3H3. The fourth-order valence-electron chi connectivity index (χ4n) is 1.72. The summed E-state index contributed by atoms with van der Waals surface area (Å²) in [6.07, 6.45) is 1.30. The van der Waals surface area contributed by atoms with Crippen molar-refractivity contribution in [2.75, 3.05) is 13.2 Å². The first-order valence-electron chi connectivity index (χ1n) is 6.30. The number of hydrogen-bond acceptors (Lipinski definition) is 3. The molecule has 0 aromatic heterocycles. The highest BCUT2D eigenvalue weighted by atomic mass is 16.5. The van der Waals surface area contributed by atoms with Gasteiger partial charge in [0, 0.05) is 0 Å². The molecule has 0 heterocycles. The van der Waals surface area contributed by atoms with E-state index in [9.17, 15) is 5.11 Å². The van der Waals surface area contributed by atoms with Gasteiger partial charge in [-0.25, -0.2) is 0 Å². The molecule has 17 heavy (non-hydrogen) atoms. The Bertz CT molecular complexity index is 336. The molecule has 0 aliphatic carbocycles. The largest absolute Gasteiger partial charge is 0.490 e. The fourth-order valence-corrected chi connectivity index (χ4v) is 1.72. The number of benzene rings is 1. The van der Waals surface area contributed by atoms with E-state index in [1.54, 1.807) is 0 Å². The van der Waals surface area contributed by atoms with Crippen molar-refractivity contribution in [2.45, 2.75) is 39.7 Å². The van der Waals surface area contributed by atoms with E-state index in [1.165, 1.54) is 0 Å². The van der Waals surface area contributed by atoms with Crippen molar-refractivity contribution in [1.82, 2.24) is 0 Å².